The van der Waals surface area contributed by atoms with E-state index in [1.54, 1.807) is 11.8 Å². The third kappa shape index (κ3) is 6.27. The summed E-state index contributed by atoms with van der Waals surface area (Å²) in [4.78, 5) is 11.9. The number of hydrogen-bond acceptors (Lipinski definition) is 5. The summed E-state index contributed by atoms with van der Waals surface area (Å²) in [5, 5.41) is 3.32. The molecule has 2 aromatic carbocycles. The van der Waals surface area contributed by atoms with Crippen LogP contribution in [0, 0.1) is 0 Å². The van der Waals surface area contributed by atoms with Crippen LogP contribution in [0.5, 0.6) is 0 Å². The Morgan fingerprint density at radius 1 is 1.24 bits per heavy atom. The van der Waals surface area contributed by atoms with Gasteiger partial charge in [-0.2, -0.15) is 11.8 Å². The minimum absolute atomic E-state index is 0. The fraction of sp³-hybridized carbons (Fsp3) is 0.316. The quantitative estimate of drug-likeness (QED) is 0.539. The molecule has 0 unspecified atom stereocenters. The minimum Gasteiger partial charge on any atom is -0.468 e. The smallest absolute Gasteiger partial charge is 0.322 e. The van der Waals surface area contributed by atoms with E-state index >= 15 is 0 Å². The number of thioether (sulfide) groups is 1. The van der Waals surface area contributed by atoms with E-state index < -0.39 is 0 Å². The number of rotatable bonds is 8. The molecule has 2 rings (SSSR count). The van der Waals surface area contributed by atoms with Crippen molar-refractivity contribution in [1.82, 2.24) is 5.32 Å². The molecule has 0 bridgehead atoms. The Bertz CT molecular complexity index is 668. The topological polar surface area (TPSA) is 64.3 Å². The van der Waals surface area contributed by atoms with Crippen molar-refractivity contribution in [1.29, 1.82) is 0 Å². The summed E-state index contributed by atoms with van der Waals surface area (Å²) in [7, 11) is 1.43. The lowest BCUT2D eigenvalue weighted by molar-refractivity contribution is -0.143. The van der Waals surface area contributed by atoms with Crippen LogP contribution in [-0.2, 0) is 16.1 Å². The summed E-state index contributed by atoms with van der Waals surface area (Å²) < 4.78 is 4.90. The summed E-state index contributed by atoms with van der Waals surface area (Å²) in [6.07, 6.45) is 2.77. The molecule has 0 saturated carbocycles. The monoisotopic (exact) mass is 380 g/mol. The van der Waals surface area contributed by atoms with Gasteiger partial charge in [-0.25, -0.2) is 0 Å². The van der Waals surface area contributed by atoms with Crippen LogP contribution in [0.25, 0.3) is 11.1 Å². The van der Waals surface area contributed by atoms with Crippen molar-refractivity contribution >= 4 is 35.8 Å². The SMILES string of the molecule is COC(=O)[C@H](CCSC)NCc1ccc(N)cc1-c1ccccc1.Cl. The molecule has 0 aromatic heterocycles. The molecule has 25 heavy (non-hydrogen) atoms. The Morgan fingerprint density at radius 3 is 2.60 bits per heavy atom. The zero-order valence-electron chi connectivity index (χ0n) is 14.5. The molecule has 0 radical (unpaired) electrons. The van der Waals surface area contributed by atoms with Gasteiger partial charge in [0.15, 0.2) is 0 Å². The fourth-order valence-electron chi connectivity index (χ4n) is 2.55. The molecule has 1 atom stereocenters. The van der Waals surface area contributed by atoms with Gasteiger partial charge in [0.2, 0.25) is 0 Å². The molecule has 0 aliphatic carbocycles. The molecule has 6 heteroatoms. The molecule has 0 fully saturated rings. The Kier molecular flexibility index (Phi) is 9.42. The summed E-state index contributed by atoms with van der Waals surface area (Å²) >= 11 is 1.72. The van der Waals surface area contributed by atoms with E-state index in [1.807, 2.05) is 42.7 Å². The van der Waals surface area contributed by atoms with Gasteiger partial charge in [-0.05, 0) is 47.3 Å². The van der Waals surface area contributed by atoms with Crippen LogP contribution < -0.4 is 11.1 Å². The number of carbonyl (C=O) groups excluding carboxylic acids is 1. The number of nitrogen functional groups attached to an aromatic ring is 1. The molecular weight excluding hydrogens is 356 g/mol. The number of esters is 1. The minimum atomic E-state index is -0.302. The largest absolute Gasteiger partial charge is 0.468 e. The van der Waals surface area contributed by atoms with Gasteiger partial charge in [0.25, 0.3) is 0 Å². The van der Waals surface area contributed by atoms with E-state index in [1.165, 1.54) is 7.11 Å². The second-order valence-electron chi connectivity index (χ2n) is 5.52. The first-order chi connectivity index (χ1) is 11.7. The maximum atomic E-state index is 11.9. The Balaban J connectivity index is 0.00000312. The Morgan fingerprint density at radius 2 is 1.96 bits per heavy atom. The summed E-state index contributed by atoms with van der Waals surface area (Å²) in [6.45, 7) is 0.582. The molecule has 0 aliphatic heterocycles. The average molecular weight is 381 g/mol. The van der Waals surface area contributed by atoms with Crippen LogP contribution in [0.3, 0.4) is 0 Å². The van der Waals surface area contributed by atoms with Crippen molar-refractivity contribution in [3.8, 4) is 11.1 Å². The van der Waals surface area contributed by atoms with Crippen LogP contribution in [0.2, 0.25) is 0 Å². The molecule has 3 N–H and O–H groups in total. The van der Waals surface area contributed by atoms with Gasteiger partial charge < -0.3 is 15.8 Å². The van der Waals surface area contributed by atoms with Gasteiger partial charge in [-0.1, -0.05) is 36.4 Å². The van der Waals surface area contributed by atoms with Crippen LogP contribution in [-0.4, -0.2) is 31.1 Å². The maximum Gasteiger partial charge on any atom is 0.322 e. The summed E-state index contributed by atoms with van der Waals surface area (Å²) in [6, 6.07) is 15.7. The van der Waals surface area contributed by atoms with Crippen molar-refractivity contribution in [2.45, 2.75) is 19.0 Å². The molecule has 136 valence electrons. The number of nitrogens with two attached hydrogens (primary N) is 1. The van der Waals surface area contributed by atoms with Crippen molar-refractivity contribution < 1.29 is 9.53 Å². The highest BCUT2D eigenvalue weighted by molar-refractivity contribution is 7.98. The van der Waals surface area contributed by atoms with Gasteiger partial charge in [0, 0.05) is 12.2 Å². The zero-order chi connectivity index (χ0) is 17.4. The van der Waals surface area contributed by atoms with Crippen LogP contribution >= 0.6 is 24.2 Å². The molecule has 0 amide bonds. The second-order valence-corrected chi connectivity index (χ2v) is 6.51. The summed E-state index contributed by atoms with van der Waals surface area (Å²) in [5.74, 6) is 0.681. The molecule has 4 nitrogen and oxygen atoms in total. The number of nitrogens with one attached hydrogen (secondary N) is 1. The van der Waals surface area contributed by atoms with Gasteiger partial charge in [-0.15, -0.1) is 12.4 Å². The van der Waals surface area contributed by atoms with Gasteiger partial charge >= 0.3 is 5.97 Å². The third-order valence-electron chi connectivity index (χ3n) is 3.85. The van der Waals surface area contributed by atoms with Gasteiger partial charge in [-0.3, -0.25) is 4.79 Å². The first-order valence-electron chi connectivity index (χ1n) is 7.89. The lowest BCUT2D eigenvalue weighted by atomic mass is 9.98. The number of ether oxygens (including phenoxy) is 1. The normalized spacial score (nSPS) is 11.4. The standard InChI is InChI=1S/C19H24N2O2S.ClH/c1-23-19(22)18(10-11-24-2)21-13-15-8-9-16(20)12-17(15)14-6-4-3-5-7-14;/h3-9,12,18,21H,10-11,13,20H2,1-2H3;1H/t18-;/m0./s1. The lowest BCUT2D eigenvalue weighted by Crippen LogP contribution is -2.37. The van der Waals surface area contributed by atoms with E-state index in [0.717, 1.165) is 34.6 Å². The number of methoxy groups -OCH3 is 1. The van der Waals surface area contributed by atoms with E-state index in [-0.39, 0.29) is 24.4 Å². The van der Waals surface area contributed by atoms with Crippen molar-refractivity contribution in [3.63, 3.8) is 0 Å². The highest BCUT2D eigenvalue weighted by Crippen LogP contribution is 2.26. The number of hydrogen-bond donors (Lipinski definition) is 2. The van der Waals surface area contributed by atoms with E-state index in [2.05, 4.69) is 17.4 Å². The third-order valence-corrected chi connectivity index (χ3v) is 4.50. The molecular formula is C19H25ClN2O2S. The van der Waals surface area contributed by atoms with Crippen LogP contribution in [0.4, 0.5) is 5.69 Å². The van der Waals surface area contributed by atoms with Crippen molar-refractivity contribution in [2.75, 3.05) is 24.9 Å². The predicted molar refractivity (Wildman–Crippen MR) is 109 cm³/mol. The second kappa shape index (κ2) is 11.0. The molecule has 0 aliphatic rings. The van der Waals surface area contributed by atoms with Gasteiger partial charge in [0.1, 0.15) is 6.04 Å². The van der Waals surface area contributed by atoms with E-state index in [0.29, 0.717) is 6.54 Å². The molecule has 2 aromatic rings. The summed E-state index contributed by atoms with van der Waals surface area (Å²) in [5.41, 5.74) is 9.98. The Labute approximate surface area is 159 Å². The molecule has 0 spiro atoms. The zero-order valence-corrected chi connectivity index (χ0v) is 16.2. The van der Waals surface area contributed by atoms with Crippen LogP contribution in [0.1, 0.15) is 12.0 Å². The lowest BCUT2D eigenvalue weighted by Gasteiger charge is -2.18. The predicted octanol–water partition coefficient (Wildman–Crippen LogP) is 3.74. The number of halogens is 1. The van der Waals surface area contributed by atoms with Crippen molar-refractivity contribution in [3.05, 3.63) is 54.1 Å². The molecule has 0 heterocycles. The van der Waals surface area contributed by atoms with Gasteiger partial charge in [0.05, 0.1) is 7.11 Å². The fourth-order valence-corrected chi connectivity index (χ4v) is 3.02. The highest BCUT2D eigenvalue weighted by Gasteiger charge is 2.18. The van der Waals surface area contributed by atoms with Crippen LogP contribution in [0.15, 0.2) is 48.5 Å². The highest BCUT2D eigenvalue weighted by atomic mass is 35.5. The van der Waals surface area contributed by atoms with E-state index in [9.17, 15) is 4.79 Å². The average Bonchev–Trinajstić information content (AvgIpc) is 2.62. The Hall–Kier alpha value is -1.69. The molecule has 0 saturated heterocycles. The maximum absolute atomic E-state index is 11.9. The number of benzene rings is 2. The first-order valence-corrected chi connectivity index (χ1v) is 9.29. The number of anilines is 1. The number of carbonyl (C=O) groups is 1. The van der Waals surface area contributed by atoms with E-state index in [4.69, 9.17) is 10.5 Å². The van der Waals surface area contributed by atoms with Crippen molar-refractivity contribution in [2.24, 2.45) is 0 Å². The first kappa shape index (κ1) is 21.4.